The summed E-state index contributed by atoms with van der Waals surface area (Å²) >= 11 is 5.86. The van der Waals surface area contributed by atoms with E-state index in [9.17, 15) is 13.2 Å². The molecule has 1 aliphatic heterocycles. The highest BCUT2D eigenvalue weighted by Crippen LogP contribution is 2.21. The van der Waals surface area contributed by atoms with Crippen LogP contribution in [0.2, 0.25) is 5.02 Å². The molecule has 2 aromatic carbocycles. The SMILES string of the molecule is Cc1ccc(C)c(S(=O)(=O)N2CC[NH+](CC(=O)NCc3ccc(Cl)cc3)CC2)c1. The number of quaternary nitrogens is 1. The summed E-state index contributed by atoms with van der Waals surface area (Å²) in [5.41, 5.74) is 2.67. The number of hydrogen-bond donors (Lipinski definition) is 2. The van der Waals surface area contributed by atoms with Crippen molar-refractivity contribution >= 4 is 27.5 Å². The highest BCUT2D eigenvalue weighted by atomic mass is 35.5. The lowest BCUT2D eigenvalue weighted by atomic mass is 10.2. The van der Waals surface area contributed by atoms with Crippen LogP contribution in [0.3, 0.4) is 0 Å². The summed E-state index contributed by atoms with van der Waals surface area (Å²) in [5.74, 6) is -0.0409. The van der Waals surface area contributed by atoms with E-state index < -0.39 is 10.0 Å². The molecule has 1 saturated heterocycles. The summed E-state index contributed by atoms with van der Waals surface area (Å²) in [5, 5.41) is 3.58. The molecule has 2 N–H and O–H groups in total. The number of nitrogens with one attached hydrogen (secondary N) is 2. The monoisotopic (exact) mass is 436 g/mol. The number of sulfonamides is 1. The van der Waals surface area contributed by atoms with Gasteiger partial charge in [-0.05, 0) is 48.7 Å². The molecule has 0 aliphatic carbocycles. The van der Waals surface area contributed by atoms with Crippen LogP contribution in [0.5, 0.6) is 0 Å². The molecule has 29 heavy (non-hydrogen) atoms. The van der Waals surface area contributed by atoms with Gasteiger partial charge in [-0.1, -0.05) is 35.9 Å². The second-order valence-corrected chi connectivity index (χ2v) is 9.85. The molecule has 1 amide bonds. The van der Waals surface area contributed by atoms with Crippen molar-refractivity contribution in [1.29, 1.82) is 0 Å². The van der Waals surface area contributed by atoms with Gasteiger partial charge in [-0.25, -0.2) is 8.42 Å². The fourth-order valence-electron chi connectivity index (χ4n) is 3.44. The Hall–Kier alpha value is -1.93. The topological polar surface area (TPSA) is 70.9 Å². The number of aryl methyl sites for hydroxylation is 2. The zero-order valence-electron chi connectivity index (χ0n) is 16.7. The molecule has 0 saturated carbocycles. The maximum atomic E-state index is 13.0. The lowest BCUT2D eigenvalue weighted by molar-refractivity contribution is -0.895. The van der Waals surface area contributed by atoms with E-state index in [4.69, 9.17) is 11.6 Å². The van der Waals surface area contributed by atoms with Crippen LogP contribution in [0.25, 0.3) is 0 Å². The Balaban J connectivity index is 1.51. The maximum Gasteiger partial charge on any atom is 0.275 e. The summed E-state index contributed by atoms with van der Waals surface area (Å²) in [4.78, 5) is 13.7. The first kappa shape index (κ1) is 21.8. The van der Waals surface area contributed by atoms with E-state index in [1.165, 1.54) is 4.31 Å². The van der Waals surface area contributed by atoms with Crippen molar-refractivity contribution < 1.29 is 18.1 Å². The van der Waals surface area contributed by atoms with Gasteiger partial charge in [0, 0.05) is 11.6 Å². The van der Waals surface area contributed by atoms with Gasteiger partial charge in [0.05, 0.1) is 31.1 Å². The summed E-state index contributed by atoms with van der Waals surface area (Å²) in [6.45, 7) is 6.55. The van der Waals surface area contributed by atoms with Crippen LogP contribution >= 0.6 is 11.6 Å². The first-order valence-corrected chi connectivity index (χ1v) is 11.5. The third-order valence-corrected chi connectivity index (χ3v) is 7.50. The van der Waals surface area contributed by atoms with Gasteiger partial charge >= 0.3 is 0 Å². The number of nitrogens with zero attached hydrogens (tertiary/aromatic N) is 1. The average molecular weight is 437 g/mol. The largest absolute Gasteiger partial charge is 0.347 e. The number of halogens is 1. The third kappa shape index (κ3) is 5.57. The molecular formula is C21H27ClN3O3S+. The van der Waals surface area contributed by atoms with Gasteiger partial charge in [-0.15, -0.1) is 0 Å². The van der Waals surface area contributed by atoms with Crippen LogP contribution < -0.4 is 10.2 Å². The van der Waals surface area contributed by atoms with Gasteiger partial charge in [0.1, 0.15) is 0 Å². The zero-order chi connectivity index (χ0) is 21.0. The Morgan fingerprint density at radius 3 is 2.41 bits per heavy atom. The number of rotatable bonds is 6. The van der Waals surface area contributed by atoms with Gasteiger partial charge in [-0.2, -0.15) is 4.31 Å². The molecule has 0 unspecified atom stereocenters. The van der Waals surface area contributed by atoms with E-state index >= 15 is 0 Å². The summed E-state index contributed by atoms with van der Waals surface area (Å²) in [6.07, 6.45) is 0. The van der Waals surface area contributed by atoms with Gasteiger partial charge in [0.15, 0.2) is 6.54 Å². The summed E-state index contributed by atoms with van der Waals surface area (Å²) < 4.78 is 27.5. The molecule has 0 bridgehead atoms. The highest BCUT2D eigenvalue weighted by Gasteiger charge is 2.32. The molecule has 1 aliphatic rings. The van der Waals surface area contributed by atoms with Crippen molar-refractivity contribution in [2.75, 3.05) is 32.7 Å². The molecule has 0 atom stereocenters. The first-order valence-electron chi connectivity index (χ1n) is 9.68. The minimum atomic E-state index is -3.51. The van der Waals surface area contributed by atoms with Crippen LogP contribution in [-0.4, -0.2) is 51.4 Å². The predicted molar refractivity (Wildman–Crippen MR) is 114 cm³/mol. The fraction of sp³-hybridized carbons (Fsp3) is 0.381. The maximum absolute atomic E-state index is 13.0. The second-order valence-electron chi connectivity index (χ2n) is 7.50. The Morgan fingerprint density at radius 1 is 1.10 bits per heavy atom. The molecule has 8 heteroatoms. The summed E-state index contributed by atoms with van der Waals surface area (Å²) in [7, 11) is -3.51. The van der Waals surface area contributed by atoms with E-state index in [1.54, 1.807) is 18.2 Å². The number of amides is 1. The Bertz CT molecular complexity index is 969. The predicted octanol–water partition coefficient (Wildman–Crippen LogP) is 1.16. The molecule has 0 spiro atoms. The normalized spacial score (nSPS) is 16.0. The van der Waals surface area contributed by atoms with Crippen LogP contribution in [0.15, 0.2) is 47.4 Å². The summed E-state index contributed by atoms with van der Waals surface area (Å²) in [6, 6.07) is 12.8. The van der Waals surface area contributed by atoms with E-state index in [1.807, 2.05) is 38.1 Å². The minimum Gasteiger partial charge on any atom is -0.347 e. The van der Waals surface area contributed by atoms with E-state index in [-0.39, 0.29) is 5.91 Å². The number of piperazine rings is 1. The van der Waals surface area contributed by atoms with E-state index in [0.717, 1.165) is 21.6 Å². The minimum absolute atomic E-state index is 0.0409. The highest BCUT2D eigenvalue weighted by molar-refractivity contribution is 7.89. The molecule has 3 rings (SSSR count). The number of carbonyl (C=O) groups is 1. The Morgan fingerprint density at radius 2 is 1.76 bits per heavy atom. The van der Waals surface area contributed by atoms with Crippen LogP contribution in [0.4, 0.5) is 0 Å². The van der Waals surface area contributed by atoms with Gasteiger partial charge < -0.3 is 10.2 Å². The lowest BCUT2D eigenvalue weighted by Gasteiger charge is -2.31. The molecule has 156 valence electrons. The Labute approximate surface area is 177 Å². The smallest absolute Gasteiger partial charge is 0.275 e. The molecule has 0 radical (unpaired) electrons. The second kappa shape index (κ2) is 9.26. The van der Waals surface area contributed by atoms with Gasteiger partial charge in [0.25, 0.3) is 5.91 Å². The quantitative estimate of drug-likeness (QED) is 0.714. The lowest BCUT2D eigenvalue weighted by Crippen LogP contribution is -3.15. The van der Waals surface area contributed by atoms with Crippen molar-refractivity contribution in [2.45, 2.75) is 25.3 Å². The van der Waals surface area contributed by atoms with Gasteiger partial charge in [-0.3, -0.25) is 4.79 Å². The third-order valence-electron chi connectivity index (χ3n) is 5.20. The first-order chi connectivity index (χ1) is 13.8. The van der Waals surface area contributed by atoms with Crippen molar-refractivity contribution in [3.05, 3.63) is 64.2 Å². The standard InChI is InChI=1S/C21H26ClN3O3S/c1-16-3-4-17(2)20(13-16)29(27,28)25-11-9-24(10-12-25)15-21(26)23-14-18-5-7-19(22)8-6-18/h3-8,13H,9-12,14-15H2,1-2H3,(H,23,26)/p+1. The fourth-order valence-corrected chi connectivity index (χ4v) is 5.31. The number of carbonyl (C=O) groups excluding carboxylic acids is 1. The molecule has 1 heterocycles. The van der Waals surface area contributed by atoms with Crippen molar-refractivity contribution in [2.24, 2.45) is 0 Å². The molecule has 0 aromatic heterocycles. The molecular weight excluding hydrogens is 410 g/mol. The average Bonchev–Trinajstić information content (AvgIpc) is 2.70. The van der Waals surface area contributed by atoms with E-state index in [2.05, 4.69) is 5.32 Å². The number of hydrogen-bond acceptors (Lipinski definition) is 3. The van der Waals surface area contributed by atoms with Gasteiger partial charge in [0.2, 0.25) is 10.0 Å². The van der Waals surface area contributed by atoms with Crippen LogP contribution in [-0.2, 0) is 21.4 Å². The molecule has 1 fully saturated rings. The number of benzene rings is 2. The van der Waals surface area contributed by atoms with Crippen molar-refractivity contribution in [1.82, 2.24) is 9.62 Å². The zero-order valence-corrected chi connectivity index (χ0v) is 18.3. The molecule has 6 nitrogen and oxygen atoms in total. The van der Waals surface area contributed by atoms with Crippen LogP contribution in [0, 0.1) is 13.8 Å². The molecule has 2 aromatic rings. The Kier molecular flexibility index (Phi) is 6.95. The van der Waals surface area contributed by atoms with Crippen molar-refractivity contribution in [3.8, 4) is 0 Å². The van der Waals surface area contributed by atoms with Crippen molar-refractivity contribution in [3.63, 3.8) is 0 Å². The van der Waals surface area contributed by atoms with E-state index in [0.29, 0.717) is 49.2 Å². The van der Waals surface area contributed by atoms with Crippen LogP contribution in [0.1, 0.15) is 16.7 Å².